The molecule has 0 unspecified atom stereocenters. The lowest BCUT2D eigenvalue weighted by molar-refractivity contribution is 0.0244. The van der Waals surface area contributed by atoms with Gasteiger partial charge < -0.3 is 10.5 Å². The molecule has 2 radical (unpaired) electrons. The summed E-state index contributed by atoms with van der Waals surface area (Å²) in [7, 11) is 5.58. The van der Waals surface area contributed by atoms with E-state index < -0.39 is 0 Å². The Labute approximate surface area is 97.4 Å². The van der Waals surface area contributed by atoms with Crippen molar-refractivity contribution in [3.05, 3.63) is 0 Å². The fourth-order valence-corrected chi connectivity index (χ4v) is 0.721. The summed E-state index contributed by atoms with van der Waals surface area (Å²) in [5.74, 6) is 0. The Kier molecular flexibility index (Phi) is 9.47. The van der Waals surface area contributed by atoms with Crippen LogP contribution in [0.1, 0.15) is 41.5 Å². The van der Waals surface area contributed by atoms with Gasteiger partial charge in [-0.25, -0.2) is 0 Å². The van der Waals surface area contributed by atoms with Crippen LogP contribution < -0.4 is 5.73 Å². The summed E-state index contributed by atoms with van der Waals surface area (Å²) in [5.41, 5.74) is 5.73. The quantitative estimate of drug-likeness (QED) is 0.688. The van der Waals surface area contributed by atoms with Gasteiger partial charge in [-0.2, -0.15) is 0 Å². The minimum absolute atomic E-state index is 0.0741. The summed E-state index contributed by atoms with van der Waals surface area (Å²) >= 11 is 0. The van der Waals surface area contributed by atoms with Gasteiger partial charge in [-0.1, -0.05) is 47.9 Å². The van der Waals surface area contributed by atoms with Crippen LogP contribution in [0.4, 0.5) is 0 Å². The fraction of sp³-hybridized carbons (Fsp3) is 1.00. The monoisotopic (exact) mass is 213 g/mol. The Morgan fingerprint density at radius 1 is 1.00 bits per heavy atom. The van der Waals surface area contributed by atoms with Gasteiger partial charge in [0.25, 0.3) is 0 Å². The van der Waals surface area contributed by atoms with Crippen molar-refractivity contribution in [3.8, 4) is 0 Å². The highest BCUT2D eigenvalue weighted by molar-refractivity contribution is 6.08. The molecule has 0 aromatic carbocycles. The van der Waals surface area contributed by atoms with Crippen molar-refractivity contribution in [2.75, 3.05) is 19.8 Å². The molecule has 0 aromatic heterocycles. The third kappa shape index (κ3) is 10.3. The molecule has 0 aliphatic rings. The molecule has 90 valence electrons. The summed E-state index contributed by atoms with van der Waals surface area (Å²) in [6.45, 7) is 14.5. The molecular formula is C12H28BNO. The number of hydrogen-bond donors (Lipinski definition) is 1. The maximum atomic E-state index is 5.58. The minimum Gasteiger partial charge on any atom is -0.380 e. The van der Waals surface area contributed by atoms with E-state index in [1.165, 1.54) is 0 Å². The largest absolute Gasteiger partial charge is 0.380 e. The topological polar surface area (TPSA) is 35.2 Å². The highest BCUT2D eigenvalue weighted by Crippen LogP contribution is 2.21. The van der Waals surface area contributed by atoms with Gasteiger partial charge in [-0.05, 0) is 12.0 Å². The van der Waals surface area contributed by atoms with Crippen LogP contribution >= 0.6 is 0 Å². The number of nitrogens with two attached hydrogens (primary N) is 1. The Bertz CT molecular complexity index is 131. The SMILES string of the molecule is CC.[B]CC(C)(C)COCC(C)(C)CN. The van der Waals surface area contributed by atoms with Gasteiger partial charge in [0.1, 0.15) is 0 Å². The van der Waals surface area contributed by atoms with Crippen LogP contribution in [0.2, 0.25) is 6.32 Å². The first kappa shape index (κ1) is 17.4. The van der Waals surface area contributed by atoms with Crippen molar-refractivity contribution < 1.29 is 4.74 Å². The molecule has 0 rings (SSSR count). The molecule has 2 N–H and O–H groups in total. The third-order valence-corrected chi connectivity index (χ3v) is 2.09. The zero-order valence-corrected chi connectivity index (χ0v) is 11.4. The van der Waals surface area contributed by atoms with Gasteiger partial charge in [-0.15, -0.1) is 0 Å². The van der Waals surface area contributed by atoms with E-state index in [1.54, 1.807) is 0 Å². The summed E-state index contributed by atoms with van der Waals surface area (Å²) in [6.07, 6.45) is 0.649. The molecule has 0 atom stereocenters. The van der Waals surface area contributed by atoms with Crippen molar-refractivity contribution in [1.29, 1.82) is 0 Å². The van der Waals surface area contributed by atoms with Crippen molar-refractivity contribution in [1.82, 2.24) is 0 Å². The van der Waals surface area contributed by atoms with Crippen LogP contribution in [0.3, 0.4) is 0 Å². The van der Waals surface area contributed by atoms with E-state index in [4.69, 9.17) is 18.3 Å². The zero-order chi connectivity index (χ0) is 12.5. The third-order valence-electron chi connectivity index (χ3n) is 2.09. The van der Waals surface area contributed by atoms with E-state index in [1.807, 2.05) is 13.8 Å². The molecule has 15 heavy (non-hydrogen) atoms. The number of rotatable bonds is 6. The normalized spacial score (nSPS) is 11.9. The zero-order valence-electron chi connectivity index (χ0n) is 11.4. The lowest BCUT2D eigenvalue weighted by Crippen LogP contribution is -2.31. The van der Waals surface area contributed by atoms with Crippen molar-refractivity contribution in [3.63, 3.8) is 0 Å². The van der Waals surface area contributed by atoms with E-state index in [0.717, 1.165) is 0 Å². The Morgan fingerprint density at radius 3 is 1.73 bits per heavy atom. The second-order valence-electron chi connectivity index (χ2n) is 5.23. The average molecular weight is 213 g/mol. The van der Waals surface area contributed by atoms with Crippen LogP contribution in [-0.2, 0) is 4.74 Å². The van der Waals surface area contributed by atoms with Crippen LogP contribution in [0, 0.1) is 10.8 Å². The number of hydrogen-bond acceptors (Lipinski definition) is 2. The van der Waals surface area contributed by atoms with Crippen LogP contribution in [0.25, 0.3) is 0 Å². The van der Waals surface area contributed by atoms with E-state index in [0.29, 0.717) is 26.1 Å². The predicted molar refractivity (Wildman–Crippen MR) is 69.3 cm³/mol. The van der Waals surface area contributed by atoms with E-state index >= 15 is 0 Å². The lowest BCUT2D eigenvalue weighted by atomic mass is 9.80. The molecule has 0 aliphatic heterocycles. The van der Waals surface area contributed by atoms with Crippen molar-refractivity contribution in [2.45, 2.75) is 47.9 Å². The second-order valence-corrected chi connectivity index (χ2v) is 5.23. The standard InChI is InChI=1S/C10H22BNO.C2H6/c1-9(2,5-11)7-13-8-10(3,4)6-12;1-2/h5-8,12H2,1-4H3;1-2H3. The summed E-state index contributed by atoms with van der Waals surface area (Å²) in [4.78, 5) is 0. The fourth-order valence-electron chi connectivity index (χ4n) is 0.721. The van der Waals surface area contributed by atoms with Gasteiger partial charge in [0, 0.05) is 5.41 Å². The maximum absolute atomic E-state index is 5.58. The molecule has 0 spiro atoms. The van der Waals surface area contributed by atoms with Gasteiger partial charge in [0.15, 0.2) is 0 Å². The molecule has 0 saturated carbocycles. The highest BCUT2D eigenvalue weighted by atomic mass is 16.5. The molecule has 0 fully saturated rings. The van der Waals surface area contributed by atoms with Crippen molar-refractivity contribution >= 4 is 7.85 Å². The Hall–Kier alpha value is -0.0151. The molecule has 0 aromatic rings. The van der Waals surface area contributed by atoms with Crippen LogP contribution in [0.5, 0.6) is 0 Å². The highest BCUT2D eigenvalue weighted by Gasteiger charge is 2.19. The lowest BCUT2D eigenvalue weighted by Gasteiger charge is -2.27. The molecular weight excluding hydrogens is 185 g/mol. The van der Waals surface area contributed by atoms with Gasteiger partial charge >= 0.3 is 0 Å². The Morgan fingerprint density at radius 2 is 1.40 bits per heavy atom. The molecule has 0 aliphatic carbocycles. The summed E-state index contributed by atoms with van der Waals surface area (Å²) < 4.78 is 5.58. The molecule has 0 heterocycles. The minimum atomic E-state index is 0.0741. The first-order valence-corrected chi connectivity index (χ1v) is 5.81. The first-order chi connectivity index (χ1) is 6.83. The van der Waals surface area contributed by atoms with Gasteiger partial charge in [0.2, 0.25) is 0 Å². The molecule has 3 heteroatoms. The van der Waals surface area contributed by atoms with Gasteiger partial charge in [-0.3, -0.25) is 0 Å². The molecule has 0 bridgehead atoms. The van der Waals surface area contributed by atoms with E-state index in [-0.39, 0.29) is 10.8 Å². The second kappa shape index (κ2) is 8.17. The van der Waals surface area contributed by atoms with Crippen molar-refractivity contribution in [2.24, 2.45) is 16.6 Å². The average Bonchev–Trinajstić information content (AvgIpc) is 2.20. The van der Waals surface area contributed by atoms with Gasteiger partial charge in [0.05, 0.1) is 21.1 Å². The number of ether oxygens (including phenoxy) is 1. The van der Waals surface area contributed by atoms with Crippen LogP contribution in [-0.4, -0.2) is 27.6 Å². The summed E-state index contributed by atoms with van der Waals surface area (Å²) in [6, 6.07) is 0. The molecule has 0 saturated heterocycles. The first-order valence-electron chi connectivity index (χ1n) is 5.81. The van der Waals surface area contributed by atoms with Crippen LogP contribution in [0.15, 0.2) is 0 Å². The van der Waals surface area contributed by atoms with E-state index in [2.05, 4.69) is 27.7 Å². The maximum Gasteiger partial charge on any atom is 0.0661 e. The smallest absolute Gasteiger partial charge is 0.0661 e. The van der Waals surface area contributed by atoms with E-state index in [9.17, 15) is 0 Å². The molecule has 0 amide bonds. The summed E-state index contributed by atoms with van der Waals surface area (Å²) in [5, 5.41) is 0. The Balaban J connectivity index is 0. The predicted octanol–water partition coefficient (Wildman–Crippen LogP) is 2.63. The molecule has 2 nitrogen and oxygen atoms in total.